The van der Waals surface area contributed by atoms with Crippen molar-refractivity contribution in [2.75, 3.05) is 0 Å². The van der Waals surface area contributed by atoms with Crippen molar-refractivity contribution in [1.82, 2.24) is 0 Å². The molecule has 0 radical (unpaired) electrons. The van der Waals surface area contributed by atoms with Crippen LogP contribution < -0.4 is 0 Å². The third kappa shape index (κ3) is 2.40. The second-order valence-corrected chi connectivity index (χ2v) is 6.09. The van der Waals surface area contributed by atoms with Gasteiger partial charge in [-0.2, -0.15) is 11.3 Å². The van der Waals surface area contributed by atoms with Gasteiger partial charge >= 0.3 is 0 Å². The van der Waals surface area contributed by atoms with Gasteiger partial charge in [-0.25, -0.2) is 0 Å². The lowest BCUT2D eigenvalue weighted by atomic mass is 10.00. The number of hydrogen-bond acceptors (Lipinski definition) is 2. The number of aliphatic hydroxyl groups is 1. The second kappa shape index (κ2) is 5.00. The Morgan fingerprint density at radius 2 is 1.94 bits per heavy atom. The summed E-state index contributed by atoms with van der Waals surface area (Å²) in [6.45, 7) is 2.00. The van der Waals surface area contributed by atoms with Gasteiger partial charge in [0.25, 0.3) is 0 Å². The minimum atomic E-state index is -0.561. The van der Waals surface area contributed by atoms with Gasteiger partial charge in [-0.15, -0.1) is 0 Å². The fraction of sp³-hybridized carbons (Fsp3) is 0.167. The van der Waals surface area contributed by atoms with E-state index in [1.165, 1.54) is 0 Å². The highest BCUT2D eigenvalue weighted by Crippen LogP contribution is 2.33. The molecule has 1 N–H and O–H groups in total. The van der Waals surface area contributed by atoms with E-state index in [2.05, 4.69) is 31.9 Å². The molecule has 1 heterocycles. The van der Waals surface area contributed by atoms with Crippen molar-refractivity contribution in [2.45, 2.75) is 13.0 Å². The summed E-state index contributed by atoms with van der Waals surface area (Å²) in [5.74, 6) is 0. The van der Waals surface area contributed by atoms with Crippen molar-refractivity contribution in [3.05, 3.63) is 54.6 Å². The van der Waals surface area contributed by atoms with E-state index in [-0.39, 0.29) is 0 Å². The zero-order valence-electron chi connectivity index (χ0n) is 8.58. The molecule has 0 aliphatic rings. The Balaban J connectivity index is 2.41. The molecule has 16 heavy (non-hydrogen) atoms. The predicted molar refractivity (Wildman–Crippen MR) is 75.0 cm³/mol. The largest absolute Gasteiger partial charge is 0.384 e. The van der Waals surface area contributed by atoms with E-state index >= 15 is 0 Å². The maximum Gasteiger partial charge on any atom is 0.106 e. The molecule has 1 nitrogen and oxygen atoms in total. The maximum atomic E-state index is 10.3. The van der Waals surface area contributed by atoms with Crippen molar-refractivity contribution in [3.8, 4) is 0 Å². The number of aliphatic hydroxyl groups excluding tert-OH is 1. The molecule has 2 aromatic rings. The van der Waals surface area contributed by atoms with Crippen LogP contribution in [0.25, 0.3) is 0 Å². The average Bonchev–Trinajstić information content (AvgIpc) is 2.63. The highest BCUT2D eigenvalue weighted by Gasteiger charge is 2.16. The summed E-state index contributed by atoms with van der Waals surface area (Å²) < 4.78 is 2.00. The van der Waals surface area contributed by atoms with Gasteiger partial charge in [-0.1, -0.05) is 22.0 Å². The SMILES string of the molecule is Cc1cc(Br)ccc1C(O)c1cscc1Br. The molecule has 0 bridgehead atoms. The molecule has 4 heteroatoms. The Hall–Kier alpha value is -0.160. The van der Waals surface area contributed by atoms with Crippen LogP contribution in [0.4, 0.5) is 0 Å². The van der Waals surface area contributed by atoms with Crippen LogP contribution in [-0.4, -0.2) is 5.11 Å². The van der Waals surface area contributed by atoms with E-state index in [1.807, 2.05) is 35.9 Å². The van der Waals surface area contributed by atoms with Gasteiger partial charge in [0.2, 0.25) is 0 Å². The minimum Gasteiger partial charge on any atom is -0.384 e. The molecule has 1 aromatic carbocycles. The molecule has 84 valence electrons. The Bertz CT molecular complexity index is 507. The van der Waals surface area contributed by atoms with Crippen molar-refractivity contribution < 1.29 is 5.11 Å². The van der Waals surface area contributed by atoms with Gasteiger partial charge in [0.05, 0.1) is 0 Å². The predicted octanol–water partition coefficient (Wildman–Crippen LogP) is 4.66. The van der Waals surface area contributed by atoms with Crippen LogP contribution >= 0.6 is 43.2 Å². The van der Waals surface area contributed by atoms with Crippen LogP contribution in [0.5, 0.6) is 0 Å². The lowest BCUT2D eigenvalue weighted by molar-refractivity contribution is 0.219. The molecule has 0 spiro atoms. The first kappa shape index (κ1) is 12.3. The number of aryl methyl sites for hydroxylation is 1. The molecule has 0 aliphatic heterocycles. The lowest BCUT2D eigenvalue weighted by Crippen LogP contribution is -2.01. The van der Waals surface area contributed by atoms with Crippen LogP contribution in [0.15, 0.2) is 37.9 Å². The molecule has 2 rings (SSSR count). The monoisotopic (exact) mass is 360 g/mol. The first-order valence-corrected chi connectivity index (χ1v) is 7.28. The van der Waals surface area contributed by atoms with E-state index in [0.717, 1.165) is 25.6 Å². The summed E-state index contributed by atoms with van der Waals surface area (Å²) in [5.41, 5.74) is 2.96. The molecule has 0 aliphatic carbocycles. The van der Waals surface area contributed by atoms with Gasteiger partial charge in [0, 0.05) is 19.9 Å². The Morgan fingerprint density at radius 1 is 1.19 bits per heavy atom. The average molecular weight is 362 g/mol. The molecule has 0 saturated carbocycles. The first-order valence-electron chi connectivity index (χ1n) is 4.75. The summed E-state index contributed by atoms with van der Waals surface area (Å²) in [4.78, 5) is 0. The highest BCUT2D eigenvalue weighted by molar-refractivity contribution is 9.10. The van der Waals surface area contributed by atoms with E-state index in [1.54, 1.807) is 11.3 Å². The molecule has 0 saturated heterocycles. The Kier molecular flexibility index (Phi) is 3.85. The fourth-order valence-electron chi connectivity index (χ4n) is 1.60. The topological polar surface area (TPSA) is 20.2 Å². The molecule has 0 fully saturated rings. The minimum absolute atomic E-state index is 0.561. The summed E-state index contributed by atoms with van der Waals surface area (Å²) in [6, 6.07) is 5.92. The van der Waals surface area contributed by atoms with Crippen LogP contribution in [0.1, 0.15) is 22.8 Å². The molecule has 1 aromatic heterocycles. The van der Waals surface area contributed by atoms with Crippen molar-refractivity contribution in [2.24, 2.45) is 0 Å². The smallest absolute Gasteiger partial charge is 0.106 e. The zero-order valence-corrected chi connectivity index (χ0v) is 12.6. The van der Waals surface area contributed by atoms with Crippen molar-refractivity contribution >= 4 is 43.2 Å². The quantitative estimate of drug-likeness (QED) is 0.824. The standard InChI is InChI=1S/C12H10Br2OS/c1-7-4-8(13)2-3-9(7)12(15)10-5-16-6-11(10)14/h2-6,12,15H,1H3. The van der Waals surface area contributed by atoms with Gasteiger partial charge in [-0.3, -0.25) is 0 Å². The van der Waals surface area contributed by atoms with Crippen molar-refractivity contribution in [1.29, 1.82) is 0 Å². The highest BCUT2D eigenvalue weighted by atomic mass is 79.9. The first-order chi connectivity index (χ1) is 7.59. The van der Waals surface area contributed by atoms with Gasteiger partial charge in [0.15, 0.2) is 0 Å². The summed E-state index contributed by atoms with van der Waals surface area (Å²) >= 11 is 8.45. The van der Waals surface area contributed by atoms with Crippen LogP contribution in [0.3, 0.4) is 0 Å². The maximum absolute atomic E-state index is 10.3. The molecular formula is C12H10Br2OS. The van der Waals surface area contributed by atoms with E-state index in [9.17, 15) is 5.11 Å². The normalized spacial score (nSPS) is 12.8. The van der Waals surface area contributed by atoms with E-state index < -0.39 is 6.10 Å². The number of benzene rings is 1. The van der Waals surface area contributed by atoms with Gasteiger partial charge in [-0.05, 0) is 51.5 Å². The van der Waals surface area contributed by atoms with Gasteiger partial charge < -0.3 is 5.11 Å². The molecule has 1 atom stereocenters. The number of rotatable bonds is 2. The molecule has 0 amide bonds. The van der Waals surface area contributed by atoms with Gasteiger partial charge in [0.1, 0.15) is 6.10 Å². The number of hydrogen-bond donors (Lipinski definition) is 1. The number of halogens is 2. The lowest BCUT2D eigenvalue weighted by Gasteiger charge is -2.13. The molecular weight excluding hydrogens is 352 g/mol. The second-order valence-electron chi connectivity index (χ2n) is 3.58. The third-order valence-electron chi connectivity index (χ3n) is 2.46. The van der Waals surface area contributed by atoms with Crippen LogP contribution in [0, 0.1) is 6.92 Å². The third-order valence-corrected chi connectivity index (χ3v) is 4.71. The molecule has 1 unspecified atom stereocenters. The fourth-order valence-corrected chi connectivity index (χ4v) is 3.61. The van der Waals surface area contributed by atoms with E-state index in [4.69, 9.17) is 0 Å². The van der Waals surface area contributed by atoms with Crippen LogP contribution in [-0.2, 0) is 0 Å². The summed E-state index contributed by atoms with van der Waals surface area (Å²) in [5, 5.41) is 14.2. The summed E-state index contributed by atoms with van der Waals surface area (Å²) in [6.07, 6.45) is -0.561. The van der Waals surface area contributed by atoms with E-state index in [0.29, 0.717) is 0 Å². The summed E-state index contributed by atoms with van der Waals surface area (Å²) in [7, 11) is 0. The van der Waals surface area contributed by atoms with Crippen LogP contribution in [0.2, 0.25) is 0 Å². The number of thiophene rings is 1. The Labute approximate surface area is 115 Å². The van der Waals surface area contributed by atoms with Crippen molar-refractivity contribution in [3.63, 3.8) is 0 Å². The zero-order chi connectivity index (χ0) is 11.7. The Morgan fingerprint density at radius 3 is 2.50 bits per heavy atom.